The smallest absolute Gasteiger partial charge is 0.870 e. The van der Waals surface area contributed by atoms with Crippen LogP contribution < -0.4 is 18.9 Å². The quantitative estimate of drug-likeness (QED) is 0.416. The van der Waals surface area contributed by atoms with Gasteiger partial charge >= 0.3 is 18.9 Å². The molecule has 0 saturated heterocycles. The molecule has 0 aliphatic carbocycles. The van der Waals surface area contributed by atoms with Crippen molar-refractivity contribution < 1.29 is 24.3 Å². The van der Waals surface area contributed by atoms with E-state index in [4.69, 9.17) is 0 Å². The largest absolute Gasteiger partial charge is 1.00 e. The fraction of sp³-hybridized carbons (Fsp3) is 1.00. The average molecular weight is 125 g/mol. The Bertz CT molecular complexity index is 34.5. The Balaban J connectivity index is -0.000000180. The number of nitrogens with zero attached hydrogens (tertiary/aromatic N) is 1. The second-order valence-electron chi connectivity index (χ2n) is 1.62. The van der Waals surface area contributed by atoms with E-state index in [1.54, 1.807) is 0 Å². The van der Waals surface area contributed by atoms with E-state index < -0.39 is 0 Å². The molecule has 0 aliphatic heterocycles. The minimum Gasteiger partial charge on any atom is -0.870 e. The summed E-state index contributed by atoms with van der Waals surface area (Å²) in [4.78, 5) is 2.38. The van der Waals surface area contributed by atoms with E-state index in [1.165, 1.54) is 19.6 Å². The Hall–Kier alpha value is 0.517. The van der Waals surface area contributed by atoms with Crippen molar-refractivity contribution in [3.63, 3.8) is 0 Å². The van der Waals surface area contributed by atoms with Gasteiger partial charge in [-0.1, -0.05) is 20.8 Å². The Morgan fingerprint density at radius 3 is 1.11 bits per heavy atom. The second-order valence-corrected chi connectivity index (χ2v) is 1.62. The minimum atomic E-state index is 0. The maximum atomic E-state index is 2.38. The first kappa shape index (κ1) is 16.3. The Kier molecular flexibility index (Phi) is 20.5. The molecule has 0 heterocycles. The van der Waals surface area contributed by atoms with Crippen LogP contribution in [0.25, 0.3) is 0 Å². The van der Waals surface area contributed by atoms with Crippen LogP contribution in [0.3, 0.4) is 0 Å². The molecule has 9 heavy (non-hydrogen) atoms. The Morgan fingerprint density at radius 1 is 0.889 bits per heavy atom. The standard InChI is InChI=1S/C6H15N.Li.H2O/c1-4-7(5-2)6-3;;/h4-6H2,1-3H3;;1H2/q;+1;/p-1. The van der Waals surface area contributed by atoms with Gasteiger partial charge in [-0.3, -0.25) is 0 Å². The van der Waals surface area contributed by atoms with Gasteiger partial charge in [0, 0.05) is 0 Å². The third-order valence-corrected chi connectivity index (χ3v) is 1.34. The van der Waals surface area contributed by atoms with Crippen LogP contribution in [-0.4, -0.2) is 30.0 Å². The third kappa shape index (κ3) is 8.52. The predicted octanol–water partition coefficient (Wildman–Crippen LogP) is -1.82. The van der Waals surface area contributed by atoms with E-state index in [2.05, 4.69) is 25.7 Å². The van der Waals surface area contributed by atoms with E-state index in [-0.39, 0.29) is 24.3 Å². The average Bonchev–Trinajstić information content (AvgIpc) is 1.72. The molecule has 0 atom stereocenters. The van der Waals surface area contributed by atoms with Crippen LogP contribution in [-0.2, 0) is 0 Å². The fourth-order valence-electron chi connectivity index (χ4n) is 0.671. The molecular formula is C6H16LiNO. The van der Waals surface area contributed by atoms with Crippen LogP contribution in [0.5, 0.6) is 0 Å². The molecule has 52 valence electrons. The molecule has 0 spiro atoms. The zero-order chi connectivity index (χ0) is 5.70. The molecule has 0 bridgehead atoms. The van der Waals surface area contributed by atoms with Gasteiger partial charge in [0.1, 0.15) is 0 Å². The summed E-state index contributed by atoms with van der Waals surface area (Å²) in [5, 5.41) is 0. The molecule has 0 aliphatic rings. The molecule has 0 radical (unpaired) electrons. The first-order valence-corrected chi connectivity index (χ1v) is 3.07. The van der Waals surface area contributed by atoms with Crippen LogP contribution in [0, 0.1) is 0 Å². The summed E-state index contributed by atoms with van der Waals surface area (Å²) < 4.78 is 0. The first-order valence-electron chi connectivity index (χ1n) is 3.07. The first-order chi connectivity index (χ1) is 3.35. The van der Waals surface area contributed by atoms with Gasteiger partial charge in [-0.15, -0.1) is 0 Å². The van der Waals surface area contributed by atoms with Gasteiger partial charge < -0.3 is 10.4 Å². The summed E-state index contributed by atoms with van der Waals surface area (Å²) >= 11 is 0. The van der Waals surface area contributed by atoms with Crippen molar-refractivity contribution in [1.82, 2.24) is 4.90 Å². The van der Waals surface area contributed by atoms with Crippen molar-refractivity contribution in [2.75, 3.05) is 19.6 Å². The molecule has 0 rings (SSSR count). The van der Waals surface area contributed by atoms with Gasteiger partial charge in [0.25, 0.3) is 0 Å². The fourth-order valence-corrected chi connectivity index (χ4v) is 0.671. The molecule has 1 N–H and O–H groups in total. The van der Waals surface area contributed by atoms with Crippen molar-refractivity contribution in [1.29, 1.82) is 0 Å². The van der Waals surface area contributed by atoms with Gasteiger partial charge in [0.05, 0.1) is 0 Å². The molecule has 0 fully saturated rings. The van der Waals surface area contributed by atoms with Gasteiger partial charge in [-0.05, 0) is 19.6 Å². The zero-order valence-electron chi connectivity index (χ0n) is 7.02. The van der Waals surface area contributed by atoms with Crippen LogP contribution in [0.2, 0.25) is 0 Å². The Morgan fingerprint density at radius 2 is 1.11 bits per heavy atom. The van der Waals surface area contributed by atoms with Crippen molar-refractivity contribution in [2.24, 2.45) is 0 Å². The van der Waals surface area contributed by atoms with E-state index in [0.717, 1.165) is 0 Å². The normalized spacial score (nSPS) is 8.00. The van der Waals surface area contributed by atoms with Crippen molar-refractivity contribution >= 4 is 0 Å². The van der Waals surface area contributed by atoms with Crippen molar-refractivity contribution in [3.05, 3.63) is 0 Å². The zero-order valence-corrected chi connectivity index (χ0v) is 7.02. The van der Waals surface area contributed by atoms with Gasteiger partial charge in [0.15, 0.2) is 0 Å². The van der Waals surface area contributed by atoms with Gasteiger partial charge in [0.2, 0.25) is 0 Å². The molecule has 3 heteroatoms. The maximum Gasteiger partial charge on any atom is 1.00 e. The van der Waals surface area contributed by atoms with E-state index in [1.807, 2.05) is 0 Å². The summed E-state index contributed by atoms with van der Waals surface area (Å²) in [7, 11) is 0. The Labute approximate surface area is 70.1 Å². The number of hydrogen-bond donors (Lipinski definition) is 0. The van der Waals surface area contributed by atoms with E-state index >= 15 is 0 Å². The summed E-state index contributed by atoms with van der Waals surface area (Å²) in [6, 6.07) is 0. The molecule has 0 saturated carbocycles. The molecule has 0 unspecified atom stereocenters. The topological polar surface area (TPSA) is 33.2 Å². The SMILES string of the molecule is CCN(CC)CC.[Li+].[OH-]. The van der Waals surface area contributed by atoms with E-state index in [0.29, 0.717) is 0 Å². The van der Waals surface area contributed by atoms with Crippen LogP contribution >= 0.6 is 0 Å². The molecule has 0 aromatic carbocycles. The number of rotatable bonds is 3. The monoisotopic (exact) mass is 125 g/mol. The molecule has 0 aromatic rings. The van der Waals surface area contributed by atoms with Crippen molar-refractivity contribution in [3.8, 4) is 0 Å². The molecule has 2 nitrogen and oxygen atoms in total. The summed E-state index contributed by atoms with van der Waals surface area (Å²) in [5.41, 5.74) is 0. The van der Waals surface area contributed by atoms with E-state index in [9.17, 15) is 0 Å². The maximum absolute atomic E-state index is 2.38. The molecule has 0 aromatic heterocycles. The van der Waals surface area contributed by atoms with Gasteiger partial charge in [-0.25, -0.2) is 0 Å². The van der Waals surface area contributed by atoms with Crippen LogP contribution in [0.1, 0.15) is 20.8 Å². The summed E-state index contributed by atoms with van der Waals surface area (Å²) in [5.74, 6) is 0. The molecule has 0 amide bonds. The predicted molar refractivity (Wildman–Crippen MR) is 35.4 cm³/mol. The van der Waals surface area contributed by atoms with Crippen LogP contribution in [0.4, 0.5) is 0 Å². The van der Waals surface area contributed by atoms with Crippen molar-refractivity contribution in [2.45, 2.75) is 20.8 Å². The second kappa shape index (κ2) is 11.3. The van der Waals surface area contributed by atoms with Crippen LogP contribution in [0.15, 0.2) is 0 Å². The minimum absolute atomic E-state index is 0. The van der Waals surface area contributed by atoms with Gasteiger partial charge in [-0.2, -0.15) is 0 Å². The number of hydrogen-bond acceptors (Lipinski definition) is 2. The summed E-state index contributed by atoms with van der Waals surface area (Å²) in [6.07, 6.45) is 0. The molecular weight excluding hydrogens is 109 g/mol. The summed E-state index contributed by atoms with van der Waals surface area (Å²) in [6.45, 7) is 10.1. The third-order valence-electron chi connectivity index (χ3n) is 1.34.